The van der Waals surface area contributed by atoms with E-state index in [-0.39, 0.29) is 17.9 Å². The number of amides is 2. The van der Waals surface area contributed by atoms with Gasteiger partial charge in [0.1, 0.15) is 17.7 Å². The Labute approximate surface area is 224 Å². The van der Waals surface area contributed by atoms with Crippen LogP contribution >= 0.6 is 0 Å². The van der Waals surface area contributed by atoms with Crippen LogP contribution in [0.5, 0.6) is 0 Å². The van der Waals surface area contributed by atoms with E-state index in [2.05, 4.69) is 40.6 Å². The number of fused-ring (bicyclic) bond motifs is 2. The molecule has 4 atom stereocenters. The summed E-state index contributed by atoms with van der Waals surface area (Å²) < 4.78 is 5.59. The second kappa shape index (κ2) is 10.4. The quantitative estimate of drug-likeness (QED) is 0.588. The number of nitriles is 1. The molecular weight excluding hydrogens is 476 g/mol. The second-order valence-corrected chi connectivity index (χ2v) is 11.4. The molecular formula is C31H34N4O3. The average Bonchev–Trinajstić information content (AvgIpc) is 3.66. The molecule has 2 aromatic rings. The summed E-state index contributed by atoms with van der Waals surface area (Å²) in [6.45, 7) is 6.21. The first kappa shape index (κ1) is 25.7. The molecule has 0 unspecified atom stereocenters. The molecule has 0 spiro atoms. The molecule has 1 saturated carbocycles. The Hall–Kier alpha value is -3.92. The zero-order chi connectivity index (χ0) is 26.9. The number of likely N-dealkylation sites (tertiary alicyclic amines) is 1. The van der Waals surface area contributed by atoms with Gasteiger partial charge in [-0.2, -0.15) is 5.26 Å². The van der Waals surface area contributed by atoms with Crippen LogP contribution in [0.15, 0.2) is 65.7 Å². The Balaban J connectivity index is 1.22. The molecule has 0 aromatic heterocycles. The maximum absolute atomic E-state index is 13.3. The Morgan fingerprint density at radius 2 is 1.74 bits per heavy atom. The highest BCUT2D eigenvalue weighted by molar-refractivity contribution is 6.10. The van der Waals surface area contributed by atoms with Crippen LogP contribution in [-0.4, -0.2) is 52.9 Å². The first-order valence-electron chi connectivity index (χ1n) is 13.3. The lowest BCUT2D eigenvalue weighted by molar-refractivity contribution is -0.128. The molecule has 7 nitrogen and oxygen atoms in total. The van der Waals surface area contributed by atoms with E-state index in [0.29, 0.717) is 6.42 Å². The zero-order valence-electron chi connectivity index (χ0n) is 22.2. The van der Waals surface area contributed by atoms with Crippen LogP contribution in [0.1, 0.15) is 51.2 Å². The van der Waals surface area contributed by atoms with Crippen molar-refractivity contribution in [2.24, 2.45) is 10.9 Å². The standard InChI is InChI=1S/C31H34N4O3/c1-31(2,3)38-30(37)35-26-15-14-24(18-26)28(35)29(36)34-25(19-32)17-20-6-8-21(9-7-20)22-10-12-23(13-11-22)27-5-4-16-33-27/h4-13,24-26,28H,14-18H2,1-3H3,(H,34,36)/t24-,25-,26+,28-/m0/s1. The average molecular weight is 511 g/mol. The highest BCUT2D eigenvalue weighted by Crippen LogP contribution is 2.43. The van der Waals surface area contributed by atoms with Gasteiger partial charge in [-0.25, -0.2) is 4.79 Å². The maximum atomic E-state index is 13.3. The predicted molar refractivity (Wildman–Crippen MR) is 147 cm³/mol. The summed E-state index contributed by atoms with van der Waals surface area (Å²) in [7, 11) is 0. The second-order valence-electron chi connectivity index (χ2n) is 11.4. The highest BCUT2D eigenvalue weighted by atomic mass is 16.6. The molecule has 1 saturated heterocycles. The number of benzene rings is 2. The Bertz CT molecular complexity index is 1300. The zero-order valence-corrected chi connectivity index (χ0v) is 22.2. The molecule has 2 heterocycles. The van der Waals surface area contributed by atoms with Crippen LogP contribution < -0.4 is 5.32 Å². The van der Waals surface area contributed by atoms with Crippen molar-refractivity contribution in [2.75, 3.05) is 6.54 Å². The number of piperidine rings is 1. The maximum Gasteiger partial charge on any atom is 0.411 e. The third kappa shape index (κ3) is 5.50. The first-order chi connectivity index (χ1) is 18.2. The fourth-order valence-corrected chi connectivity index (χ4v) is 5.75. The first-order valence-corrected chi connectivity index (χ1v) is 13.3. The number of aliphatic imine (C=N–C) groups is 1. The van der Waals surface area contributed by atoms with Gasteiger partial charge < -0.3 is 10.1 Å². The van der Waals surface area contributed by atoms with Crippen molar-refractivity contribution in [3.05, 3.63) is 71.8 Å². The minimum atomic E-state index is -0.688. The molecule has 2 fully saturated rings. The number of nitrogens with one attached hydrogen (secondary N) is 1. The van der Waals surface area contributed by atoms with Crippen LogP contribution in [0.2, 0.25) is 0 Å². The molecule has 7 heteroatoms. The van der Waals surface area contributed by atoms with Crippen molar-refractivity contribution in [1.29, 1.82) is 5.26 Å². The Morgan fingerprint density at radius 3 is 2.34 bits per heavy atom. The lowest BCUT2D eigenvalue weighted by atomic mass is 9.97. The summed E-state index contributed by atoms with van der Waals surface area (Å²) in [5.74, 6) is -0.165. The summed E-state index contributed by atoms with van der Waals surface area (Å²) in [5.41, 5.74) is 4.62. The molecule has 5 rings (SSSR count). The van der Waals surface area contributed by atoms with Crippen LogP contribution in [0.25, 0.3) is 11.1 Å². The van der Waals surface area contributed by atoms with E-state index in [0.717, 1.165) is 53.8 Å². The fraction of sp³-hybridized carbons (Fsp3) is 0.419. The van der Waals surface area contributed by atoms with Crippen molar-refractivity contribution in [3.8, 4) is 17.2 Å². The number of hydrogen-bond donors (Lipinski definition) is 1. The van der Waals surface area contributed by atoms with Crippen LogP contribution in [0.3, 0.4) is 0 Å². The van der Waals surface area contributed by atoms with Gasteiger partial charge in [-0.05, 0) is 74.3 Å². The normalized spacial score (nSPS) is 22.6. The van der Waals surface area contributed by atoms with Crippen LogP contribution in [-0.2, 0) is 16.0 Å². The van der Waals surface area contributed by atoms with Gasteiger partial charge in [0.15, 0.2) is 0 Å². The van der Waals surface area contributed by atoms with E-state index in [4.69, 9.17) is 4.74 Å². The number of ether oxygens (including phenoxy) is 1. The van der Waals surface area contributed by atoms with E-state index in [1.807, 2.05) is 57.2 Å². The third-order valence-corrected chi connectivity index (χ3v) is 7.48. The van der Waals surface area contributed by atoms with Gasteiger partial charge in [0.05, 0.1) is 18.3 Å². The topological polar surface area (TPSA) is 94.8 Å². The predicted octanol–water partition coefficient (Wildman–Crippen LogP) is 5.05. The van der Waals surface area contributed by atoms with Crippen LogP contribution in [0.4, 0.5) is 4.79 Å². The highest BCUT2D eigenvalue weighted by Gasteiger charge is 2.52. The number of nitrogens with zero attached hydrogens (tertiary/aromatic N) is 3. The van der Waals surface area contributed by atoms with Gasteiger partial charge >= 0.3 is 6.09 Å². The van der Waals surface area contributed by atoms with Crippen molar-refractivity contribution >= 4 is 17.7 Å². The summed E-state index contributed by atoms with van der Waals surface area (Å²) in [6.07, 6.45) is 6.63. The van der Waals surface area contributed by atoms with Crippen molar-refractivity contribution in [2.45, 2.75) is 70.2 Å². The van der Waals surface area contributed by atoms with Gasteiger partial charge in [0.2, 0.25) is 5.91 Å². The molecule has 38 heavy (non-hydrogen) atoms. The Morgan fingerprint density at radius 1 is 1.08 bits per heavy atom. The molecule has 2 amide bonds. The summed E-state index contributed by atoms with van der Waals surface area (Å²) in [4.78, 5) is 32.3. The fourth-order valence-electron chi connectivity index (χ4n) is 5.75. The molecule has 2 aromatic carbocycles. The lowest BCUT2D eigenvalue weighted by Gasteiger charge is -2.35. The van der Waals surface area contributed by atoms with E-state index in [1.165, 1.54) is 0 Å². The molecule has 2 bridgehead atoms. The largest absolute Gasteiger partial charge is 0.444 e. The third-order valence-electron chi connectivity index (χ3n) is 7.48. The molecule has 1 aliphatic carbocycles. The van der Waals surface area contributed by atoms with E-state index >= 15 is 0 Å². The number of allylic oxidation sites excluding steroid dienone is 1. The minimum absolute atomic E-state index is 0.0235. The summed E-state index contributed by atoms with van der Waals surface area (Å²) >= 11 is 0. The van der Waals surface area contributed by atoms with E-state index < -0.39 is 23.8 Å². The van der Waals surface area contributed by atoms with E-state index in [9.17, 15) is 14.9 Å². The minimum Gasteiger partial charge on any atom is -0.444 e. The smallest absolute Gasteiger partial charge is 0.411 e. The van der Waals surface area contributed by atoms with Crippen molar-refractivity contribution < 1.29 is 14.3 Å². The van der Waals surface area contributed by atoms with Gasteiger partial charge in [-0.15, -0.1) is 0 Å². The lowest BCUT2D eigenvalue weighted by Crippen LogP contribution is -2.55. The van der Waals surface area contributed by atoms with E-state index in [1.54, 1.807) is 4.90 Å². The SMILES string of the molecule is CC(C)(C)OC(=O)N1[C@@H]2CC[C@@H](C2)[C@H]1C(=O)N[C@H](C#N)Cc1ccc(-c2ccc(C3=NCC=C3)cc2)cc1. The summed E-state index contributed by atoms with van der Waals surface area (Å²) in [6, 6.07) is 17.4. The Kier molecular flexibility index (Phi) is 7.07. The number of hydrogen-bond acceptors (Lipinski definition) is 5. The van der Waals surface area contributed by atoms with Crippen molar-refractivity contribution in [1.82, 2.24) is 10.2 Å². The number of rotatable bonds is 6. The van der Waals surface area contributed by atoms with Crippen molar-refractivity contribution in [3.63, 3.8) is 0 Å². The molecule has 1 N–H and O–H groups in total. The van der Waals surface area contributed by atoms with Crippen LogP contribution in [0, 0.1) is 17.2 Å². The van der Waals surface area contributed by atoms with Gasteiger partial charge in [0.25, 0.3) is 0 Å². The van der Waals surface area contributed by atoms with Gasteiger partial charge in [0, 0.05) is 12.5 Å². The molecule has 2 aliphatic heterocycles. The molecule has 196 valence electrons. The number of carbonyl (C=O) groups excluding carboxylic acids is 2. The van der Waals surface area contributed by atoms with Gasteiger partial charge in [-0.3, -0.25) is 14.7 Å². The molecule has 3 aliphatic rings. The monoisotopic (exact) mass is 510 g/mol. The van der Waals surface area contributed by atoms with Gasteiger partial charge in [-0.1, -0.05) is 54.6 Å². The number of carbonyl (C=O) groups is 2. The molecule has 0 radical (unpaired) electrons. The summed E-state index contributed by atoms with van der Waals surface area (Å²) in [5, 5.41) is 12.7.